The van der Waals surface area contributed by atoms with Crippen molar-refractivity contribution < 1.29 is 9.84 Å². The second kappa shape index (κ2) is 5.41. The van der Waals surface area contributed by atoms with E-state index in [0.29, 0.717) is 5.75 Å². The number of aromatic nitrogens is 2. The van der Waals surface area contributed by atoms with Gasteiger partial charge >= 0.3 is 0 Å². The third-order valence-electron chi connectivity index (χ3n) is 2.39. The van der Waals surface area contributed by atoms with Crippen molar-refractivity contribution in [3.8, 4) is 5.75 Å². The highest BCUT2D eigenvalue weighted by atomic mass is 16.5. The fourth-order valence-corrected chi connectivity index (χ4v) is 1.45. The molecule has 0 aliphatic carbocycles. The van der Waals surface area contributed by atoms with Gasteiger partial charge in [0.05, 0.1) is 18.5 Å². The zero-order chi connectivity index (χ0) is 12.1. The molecule has 0 spiro atoms. The normalized spacial score (nSPS) is 12.1. The molecule has 4 heteroatoms. The van der Waals surface area contributed by atoms with Crippen LogP contribution in [0.1, 0.15) is 24.3 Å². The molecule has 0 saturated carbocycles. The number of nitrogens with zero attached hydrogens (tertiary/aromatic N) is 2. The van der Waals surface area contributed by atoms with Crippen molar-refractivity contribution in [3.05, 3.63) is 54.1 Å². The SMILES string of the molecule is CC(Oc1cccnc1)c1ccc(CO)cn1. The first-order valence-corrected chi connectivity index (χ1v) is 5.42. The lowest BCUT2D eigenvalue weighted by atomic mass is 10.2. The molecule has 17 heavy (non-hydrogen) atoms. The molecule has 0 fully saturated rings. The van der Waals surface area contributed by atoms with E-state index in [2.05, 4.69) is 9.97 Å². The summed E-state index contributed by atoms with van der Waals surface area (Å²) < 4.78 is 5.69. The first-order valence-electron chi connectivity index (χ1n) is 5.42. The van der Waals surface area contributed by atoms with Crippen molar-refractivity contribution in [3.63, 3.8) is 0 Å². The molecule has 88 valence electrons. The van der Waals surface area contributed by atoms with Crippen LogP contribution in [0, 0.1) is 0 Å². The summed E-state index contributed by atoms with van der Waals surface area (Å²) in [6, 6.07) is 7.37. The van der Waals surface area contributed by atoms with Gasteiger partial charge in [-0.2, -0.15) is 0 Å². The first kappa shape index (κ1) is 11.5. The van der Waals surface area contributed by atoms with E-state index in [1.165, 1.54) is 0 Å². The second-order valence-corrected chi connectivity index (χ2v) is 3.70. The molecular weight excluding hydrogens is 216 g/mol. The average molecular weight is 230 g/mol. The number of aliphatic hydroxyl groups is 1. The zero-order valence-corrected chi connectivity index (χ0v) is 9.58. The fourth-order valence-electron chi connectivity index (χ4n) is 1.45. The predicted molar refractivity (Wildman–Crippen MR) is 63.4 cm³/mol. The van der Waals surface area contributed by atoms with Gasteiger partial charge in [0.15, 0.2) is 0 Å². The largest absolute Gasteiger partial charge is 0.483 e. The topological polar surface area (TPSA) is 55.2 Å². The molecule has 0 aliphatic rings. The highest BCUT2D eigenvalue weighted by Gasteiger charge is 2.08. The van der Waals surface area contributed by atoms with Gasteiger partial charge in [-0.1, -0.05) is 6.07 Å². The molecule has 1 atom stereocenters. The van der Waals surface area contributed by atoms with E-state index in [4.69, 9.17) is 9.84 Å². The molecule has 2 rings (SSSR count). The first-order chi connectivity index (χ1) is 8.29. The van der Waals surface area contributed by atoms with Crippen LogP contribution in [0.4, 0.5) is 0 Å². The fraction of sp³-hybridized carbons (Fsp3) is 0.231. The molecule has 2 heterocycles. The minimum absolute atomic E-state index is 0.00508. The van der Waals surface area contributed by atoms with E-state index in [0.717, 1.165) is 11.3 Å². The third kappa shape index (κ3) is 3.01. The number of aliphatic hydroxyl groups excluding tert-OH is 1. The smallest absolute Gasteiger partial charge is 0.138 e. The maximum Gasteiger partial charge on any atom is 0.138 e. The molecule has 0 saturated heterocycles. The van der Waals surface area contributed by atoms with Gasteiger partial charge in [-0.25, -0.2) is 0 Å². The molecule has 2 aromatic rings. The van der Waals surface area contributed by atoms with Gasteiger partial charge in [-0.05, 0) is 30.7 Å². The van der Waals surface area contributed by atoms with Crippen LogP contribution < -0.4 is 4.74 Å². The Kier molecular flexibility index (Phi) is 3.67. The van der Waals surface area contributed by atoms with Crippen molar-refractivity contribution in [2.45, 2.75) is 19.6 Å². The summed E-state index contributed by atoms with van der Waals surface area (Å²) >= 11 is 0. The summed E-state index contributed by atoms with van der Waals surface area (Å²) in [7, 11) is 0. The van der Waals surface area contributed by atoms with Gasteiger partial charge < -0.3 is 9.84 Å². The number of pyridine rings is 2. The Morgan fingerprint density at radius 1 is 1.29 bits per heavy atom. The second-order valence-electron chi connectivity index (χ2n) is 3.70. The molecule has 2 aromatic heterocycles. The number of hydrogen-bond donors (Lipinski definition) is 1. The number of ether oxygens (including phenoxy) is 1. The summed E-state index contributed by atoms with van der Waals surface area (Å²) in [4.78, 5) is 8.22. The van der Waals surface area contributed by atoms with Crippen molar-refractivity contribution in [2.24, 2.45) is 0 Å². The monoisotopic (exact) mass is 230 g/mol. The maximum absolute atomic E-state index is 8.92. The zero-order valence-electron chi connectivity index (χ0n) is 9.58. The molecular formula is C13H14N2O2. The van der Waals surface area contributed by atoms with Gasteiger partial charge in [0.1, 0.15) is 11.9 Å². The van der Waals surface area contributed by atoms with E-state index in [1.54, 1.807) is 18.6 Å². The molecule has 0 aliphatic heterocycles. The van der Waals surface area contributed by atoms with E-state index in [1.807, 2.05) is 31.2 Å². The third-order valence-corrected chi connectivity index (χ3v) is 2.39. The Morgan fingerprint density at radius 3 is 2.76 bits per heavy atom. The van der Waals surface area contributed by atoms with Gasteiger partial charge in [0.25, 0.3) is 0 Å². The van der Waals surface area contributed by atoms with Crippen LogP contribution in [0.25, 0.3) is 0 Å². The minimum atomic E-state index is -0.146. The van der Waals surface area contributed by atoms with Crippen LogP contribution in [-0.2, 0) is 6.61 Å². The van der Waals surface area contributed by atoms with Gasteiger partial charge in [0, 0.05) is 12.4 Å². The van der Waals surface area contributed by atoms with Crippen LogP contribution in [0.5, 0.6) is 5.75 Å². The molecule has 4 nitrogen and oxygen atoms in total. The Labute approximate surface area is 99.9 Å². The van der Waals surface area contributed by atoms with Crippen LogP contribution >= 0.6 is 0 Å². The van der Waals surface area contributed by atoms with Crippen LogP contribution in [0.2, 0.25) is 0 Å². The Hall–Kier alpha value is -1.94. The van der Waals surface area contributed by atoms with Crippen molar-refractivity contribution in [1.29, 1.82) is 0 Å². The van der Waals surface area contributed by atoms with Gasteiger partial charge in [-0.15, -0.1) is 0 Å². The summed E-state index contributed by atoms with van der Waals surface area (Å²) in [5.41, 5.74) is 1.62. The van der Waals surface area contributed by atoms with Crippen LogP contribution in [0.3, 0.4) is 0 Å². The Balaban J connectivity index is 2.06. The van der Waals surface area contributed by atoms with Crippen molar-refractivity contribution in [2.75, 3.05) is 0 Å². The van der Waals surface area contributed by atoms with E-state index in [9.17, 15) is 0 Å². The summed E-state index contributed by atoms with van der Waals surface area (Å²) in [5.74, 6) is 0.716. The van der Waals surface area contributed by atoms with Crippen molar-refractivity contribution >= 4 is 0 Å². The maximum atomic E-state index is 8.92. The highest BCUT2D eigenvalue weighted by molar-refractivity contribution is 5.19. The van der Waals surface area contributed by atoms with E-state index >= 15 is 0 Å². The summed E-state index contributed by atoms with van der Waals surface area (Å²) in [5, 5.41) is 8.92. The molecule has 0 radical (unpaired) electrons. The van der Waals surface area contributed by atoms with Crippen LogP contribution in [0.15, 0.2) is 42.9 Å². The summed E-state index contributed by atoms with van der Waals surface area (Å²) in [6.45, 7) is 1.93. The number of rotatable bonds is 4. The van der Waals surface area contributed by atoms with E-state index in [-0.39, 0.29) is 12.7 Å². The Morgan fingerprint density at radius 2 is 2.18 bits per heavy atom. The number of hydrogen-bond acceptors (Lipinski definition) is 4. The minimum Gasteiger partial charge on any atom is -0.483 e. The van der Waals surface area contributed by atoms with Gasteiger partial charge in [-0.3, -0.25) is 9.97 Å². The van der Waals surface area contributed by atoms with Gasteiger partial charge in [0.2, 0.25) is 0 Å². The standard InChI is InChI=1S/C13H14N2O2/c1-10(17-12-3-2-6-14-8-12)13-5-4-11(9-16)7-15-13/h2-8,10,16H,9H2,1H3. The lowest BCUT2D eigenvalue weighted by Gasteiger charge is -2.13. The molecule has 0 amide bonds. The van der Waals surface area contributed by atoms with Crippen LogP contribution in [-0.4, -0.2) is 15.1 Å². The quantitative estimate of drug-likeness (QED) is 0.874. The van der Waals surface area contributed by atoms with Crippen molar-refractivity contribution in [1.82, 2.24) is 9.97 Å². The molecule has 1 N–H and O–H groups in total. The Bertz CT molecular complexity index is 457. The lowest BCUT2D eigenvalue weighted by molar-refractivity contribution is 0.220. The average Bonchev–Trinajstić information content (AvgIpc) is 2.40. The van der Waals surface area contributed by atoms with E-state index < -0.39 is 0 Å². The lowest BCUT2D eigenvalue weighted by Crippen LogP contribution is -2.05. The highest BCUT2D eigenvalue weighted by Crippen LogP contribution is 2.19. The predicted octanol–water partition coefficient (Wildman–Crippen LogP) is 2.11. The molecule has 1 unspecified atom stereocenters. The molecule has 0 aromatic carbocycles. The molecule has 0 bridgehead atoms. The summed E-state index contributed by atoms with van der Waals surface area (Å²) in [6.07, 6.45) is 4.87.